The van der Waals surface area contributed by atoms with Crippen molar-refractivity contribution >= 4 is 34.3 Å². The van der Waals surface area contributed by atoms with Crippen molar-refractivity contribution in [2.24, 2.45) is 7.05 Å². The van der Waals surface area contributed by atoms with Crippen molar-refractivity contribution in [2.75, 3.05) is 5.75 Å². The number of amides is 1. The van der Waals surface area contributed by atoms with E-state index in [2.05, 4.69) is 25.4 Å². The monoisotopic (exact) mass is 477 g/mol. The number of halogens is 1. The summed E-state index contributed by atoms with van der Waals surface area (Å²) in [7, 11) is 1.91. The summed E-state index contributed by atoms with van der Waals surface area (Å²) in [5.41, 5.74) is 1.96. The van der Waals surface area contributed by atoms with Gasteiger partial charge in [-0.1, -0.05) is 36.0 Å². The van der Waals surface area contributed by atoms with E-state index in [1.165, 1.54) is 16.6 Å². The summed E-state index contributed by atoms with van der Waals surface area (Å²) in [5, 5.41) is 5.87. The largest absolute Gasteiger partial charge is 0.346 e. The third kappa shape index (κ3) is 4.05. The Kier molecular flexibility index (Phi) is 5.62. The molecule has 0 saturated heterocycles. The summed E-state index contributed by atoms with van der Waals surface area (Å²) in [6.45, 7) is 1.87. The zero-order valence-corrected chi connectivity index (χ0v) is 19.1. The summed E-state index contributed by atoms with van der Waals surface area (Å²) in [6.07, 6.45) is 0. The van der Waals surface area contributed by atoms with Crippen molar-refractivity contribution in [3.8, 4) is 11.4 Å². The molecule has 0 spiro atoms. The molecule has 2 N–H and O–H groups in total. The Morgan fingerprint density at radius 2 is 1.91 bits per heavy atom. The van der Waals surface area contributed by atoms with Crippen LogP contribution in [0.5, 0.6) is 0 Å². The fourth-order valence-electron chi connectivity index (χ4n) is 3.77. The molecule has 0 fully saturated rings. The fraction of sp³-hybridized carbons (Fsp3) is 0.174. The van der Waals surface area contributed by atoms with Gasteiger partial charge in [-0.05, 0) is 31.2 Å². The minimum atomic E-state index is -0.477. The number of imidazole rings is 1. The molecule has 0 aliphatic heterocycles. The van der Waals surface area contributed by atoms with Gasteiger partial charge < -0.3 is 9.88 Å². The van der Waals surface area contributed by atoms with Crippen molar-refractivity contribution in [2.45, 2.75) is 18.1 Å². The van der Waals surface area contributed by atoms with Crippen LogP contribution in [0.2, 0.25) is 0 Å². The topological polar surface area (TPSA) is 110 Å². The van der Waals surface area contributed by atoms with E-state index in [4.69, 9.17) is 0 Å². The molecule has 0 saturated carbocycles. The molecule has 11 heteroatoms. The number of aryl methyl sites for hydroxylation is 1. The van der Waals surface area contributed by atoms with Crippen LogP contribution in [-0.4, -0.2) is 40.8 Å². The fourth-order valence-corrected chi connectivity index (χ4v) is 4.54. The molecular weight excluding hydrogens is 457 g/mol. The van der Waals surface area contributed by atoms with Gasteiger partial charge in [-0.3, -0.25) is 14.7 Å². The minimum Gasteiger partial charge on any atom is -0.346 e. The second kappa shape index (κ2) is 8.75. The second-order valence-electron chi connectivity index (χ2n) is 7.72. The quantitative estimate of drug-likeness (QED) is 0.364. The molecule has 172 valence electrons. The van der Waals surface area contributed by atoms with E-state index >= 15 is 0 Å². The molecule has 34 heavy (non-hydrogen) atoms. The first-order valence-corrected chi connectivity index (χ1v) is 11.5. The lowest BCUT2D eigenvalue weighted by molar-refractivity contribution is -0.119. The molecule has 0 aliphatic carbocycles. The maximum absolute atomic E-state index is 14.3. The van der Waals surface area contributed by atoms with Gasteiger partial charge in [-0.15, -0.1) is 0 Å². The van der Waals surface area contributed by atoms with E-state index in [1.807, 2.05) is 42.8 Å². The van der Waals surface area contributed by atoms with Crippen molar-refractivity contribution in [3.05, 3.63) is 76.6 Å². The molecule has 0 unspecified atom stereocenters. The first kappa shape index (κ1) is 21.8. The molecule has 5 aromatic rings. The molecule has 0 bridgehead atoms. The SMILES string of the molecule is C[C@H](NC(=O)CSc1nc(-c2ccccc2F)nc2cc(=O)[nH]n12)c1nc2ccccc2n1C. The van der Waals surface area contributed by atoms with Gasteiger partial charge in [-0.2, -0.15) is 0 Å². The van der Waals surface area contributed by atoms with Crippen molar-refractivity contribution in [1.29, 1.82) is 0 Å². The van der Waals surface area contributed by atoms with Crippen molar-refractivity contribution in [3.63, 3.8) is 0 Å². The van der Waals surface area contributed by atoms with Gasteiger partial charge in [0.2, 0.25) is 5.91 Å². The van der Waals surface area contributed by atoms with Gasteiger partial charge in [0.05, 0.1) is 28.4 Å². The number of aromatic amines is 1. The third-order valence-corrected chi connectivity index (χ3v) is 6.30. The van der Waals surface area contributed by atoms with E-state index in [0.29, 0.717) is 5.16 Å². The molecule has 3 heterocycles. The van der Waals surface area contributed by atoms with Crippen LogP contribution in [0.1, 0.15) is 18.8 Å². The van der Waals surface area contributed by atoms with E-state index in [9.17, 15) is 14.0 Å². The van der Waals surface area contributed by atoms with E-state index < -0.39 is 5.82 Å². The summed E-state index contributed by atoms with van der Waals surface area (Å²) < 4.78 is 17.6. The van der Waals surface area contributed by atoms with Crippen LogP contribution < -0.4 is 10.9 Å². The van der Waals surface area contributed by atoms with Crippen LogP contribution in [-0.2, 0) is 11.8 Å². The summed E-state index contributed by atoms with van der Waals surface area (Å²) in [4.78, 5) is 37.9. The number of benzene rings is 2. The van der Waals surface area contributed by atoms with Crippen molar-refractivity contribution in [1.82, 2.24) is 34.4 Å². The van der Waals surface area contributed by atoms with E-state index in [1.54, 1.807) is 18.2 Å². The number of nitrogens with one attached hydrogen (secondary N) is 2. The van der Waals surface area contributed by atoms with Gasteiger partial charge in [-0.25, -0.2) is 23.9 Å². The lowest BCUT2D eigenvalue weighted by Crippen LogP contribution is -2.30. The molecule has 0 radical (unpaired) electrons. The van der Waals surface area contributed by atoms with Gasteiger partial charge in [0.1, 0.15) is 11.6 Å². The highest BCUT2D eigenvalue weighted by molar-refractivity contribution is 7.99. The predicted molar refractivity (Wildman–Crippen MR) is 127 cm³/mol. The number of carbonyl (C=O) groups is 1. The summed E-state index contributed by atoms with van der Waals surface area (Å²) >= 11 is 1.11. The zero-order chi connectivity index (χ0) is 23.8. The lowest BCUT2D eigenvalue weighted by atomic mass is 10.2. The smallest absolute Gasteiger partial charge is 0.266 e. The first-order valence-electron chi connectivity index (χ1n) is 10.5. The number of carbonyl (C=O) groups excluding carboxylic acids is 1. The average Bonchev–Trinajstić information content (AvgIpc) is 3.37. The number of hydrogen-bond donors (Lipinski definition) is 2. The van der Waals surface area contributed by atoms with E-state index in [-0.39, 0.29) is 40.3 Å². The maximum atomic E-state index is 14.3. The highest BCUT2D eigenvalue weighted by Crippen LogP contribution is 2.24. The van der Waals surface area contributed by atoms with Gasteiger partial charge in [0.15, 0.2) is 16.6 Å². The average molecular weight is 478 g/mol. The normalized spacial score (nSPS) is 12.3. The van der Waals surface area contributed by atoms with Crippen LogP contribution in [0.3, 0.4) is 0 Å². The van der Waals surface area contributed by atoms with Crippen LogP contribution in [0.25, 0.3) is 28.1 Å². The van der Waals surface area contributed by atoms with Crippen molar-refractivity contribution < 1.29 is 9.18 Å². The van der Waals surface area contributed by atoms with Crippen LogP contribution in [0.15, 0.2) is 64.5 Å². The zero-order valence-electron chi connectivity index (χ0n) is 18.3. The molecule has 1 atom stereocenters. The number of para-hydroxylation sites is 2. The van der Waals surface area contributed by atoms with Crippen LogP contribution in [0, 0.1) is 5.82 Å². The molecule has 3 aromatic heterocycles. The molecule has 9 nitrogen and oxygen atoms in total. The Morgan fingerprint density at radius 1 is 1.15 bits per heavy atom. The number of nitrogens with zero attached hydrogens (tertiary/aromatic N) is 5. The highest BCUT2D eigenvalue weighted by atomic mass is 32.2. The number of rotatable bonds is 6. The van der Waals surface area contributed by atoms with Crippen LogP contribution in [0.4, 0.5) is 4.39 Å². The van der Waals surface area contributed by atoms with Gasteiger partial charge >= 0.3 is 0 Å². The Bertz CT molecular complexity index is 1590. The molecule has 2 aromatic carbocycles. The standard InChI is InChI=1S/C23H20FN7O2S/c1-13(22-26-16-9-5-6-10-17(16)30(22)2)25-20(33)12-34-23-28-21(14-7-3-4-8-15(14)24)27-18-11-19(32)29-31(18)23/h3-11,13H,12H2,1-2H3,(H,25,33)(H,29,32)/t13-/m0/s1. The first-order chi connectivity index (χ1) is 16.4. The maximum Gasteiger partial charge on any atom is 0.266 e. The number of H-pyrrole nitrogens is 1. The third-order valence-electron chi connectivity index (χ3n) is 5.36. The summed E-state index contributed by atoms with van der Waals surface area (Å²) in [6, 6.07) is 14.9. The number of hydrogen-bond acceptors (Lipinski definition) is 6. The van der Waals surface area contributed by atoms with Gasteiger partial charge in [0.25, 0.3) is 5.56 Å². The van der Waals surface area contributed by atoms with Crippen LogP contribution >= 0.6 is 11.8 Å². The minimum absolute atomic E-state index is 0.0251. The summed E-state index contributed by atoms with van der Waals surface area (Å²) in [5.74, 6) is 0.179. The molecule has 1 amide bonds. The second-order valence-corrected chi connectivity index (χ2v) is 8.66. The predicted octanol–water partition coefficient (Wildman–Crippen LogP) is 3.08. The van der Waals surface area contributed by atoms with Gasteiger partial charge in [0, 0.05) is 13.1 Å². The molecular formula is C23H20FN7O2S. The Balaban J connectivity index is 1.37. The number of aromatic nitrogens is 6. The Morgan fingerprint density at radius 3 is 2.71 bits per heavy atom. The molecule has 0 aliphatic rings. The van der Waals surface area contributed by atoms with E-state index in [0.717, 1.165) is 28.6 Å². The Labute approximate surface area is 197 Å². The highest BCUT2D eigenvalue weighted by Gasteiger charge is 2.18. The Hall–Kier alpha value is -3.99. The number of thioether (sulfide) groups is 1. The lowest BCUT2D eigenvalue weighted by Gasteiger charge is -2.14. The molecule has 5 rings (SSSR count). The number of fused-ring (bicyclic) bond motifs is 2.